The summed E-state index contributed by atoms with van der Waals surface area (Å²) in [5.41, 5.74) is 11.3. The minimum absolute atomic E-state index is 0. The fourth-order valence-electron chi connectivity index (χ4n) is 5.29. The smallest absolute Gasteiger partial charge is 0.0774 e. The molecule has 0 aliphatic rings. The second-order valence-electron chi connectivity index (χ2n) is 10.5. The first-order valence-electron chi connectivity index (χ1n) is 13.0. The molecule has 0 atom stereocenters. The Morgan fingerprint density at radius 3 is 2.11 bits per heavy atom. The third-order valence-corrected chi connectivity index (χ3v) is 7.20. The minimum atomic E-state index is 0. The Morgan fingerprint density at radius 1 is 0.763 bits per heavy atom. The van der Waals surface area contributed by atoms with E-state index in [1.165, 1.54) is 33.5 Å². The molecule has 4 heteroatoms. The fourth-order valence-corrected chi connectivity index (χ4v) is 5.29. The molecular weight excluding hydrogens is 645 g/mol. The van der Waals surface area contributed by atoms with Crippen LogP contribution in [-0.2, 0) is 20.1 Å². The largest absolute Gasteiger partial charge is 0.557 e. The average Bonchev–Trinajstić information content (AvgIpc) is 3.49. The van der Waals surface area contributed by atoms with Crippen molar-refractivity contribution in [3.05, 3.63) is 108 Å². The first-order valence-corrected chi connectivity index (χ1v) is 13.0. The predicted octanol–water partition coefficient (Wildman–Crippen LogP) is 9.46. The molecule has 4 aromatic carbocycles. The molecule has 0 aliphatic carbocycles. The van der Waals surface area contributed by atoms with Gasteiger partial charge in [-0.05, 0) is 65.3 Å². The zero-order valence-electron chi connectivity index (χ0n) is 22.4. The second kappa shape index (κ2) is 10.4. The first-order chi connectivity index (χ1) is 17.9. The van der Waals surface area contributed by atoms with Crippen LogP contribution in [0, 0.1) is 13.2 Å². The zero-order chi connectivity index (χ0) is 25.7. The number of rotatable bonds is 5. The SMILES string of the molecule is Cc1ccc2o[c-]c(-c3nc4ccccc4n3-c3c(C(C)C)cc(-c4ccccc4)cc3C(C)C)c2c1.[Ir]. The van der Waals surface area contributed by atoms with E-state index in [9.17, 15) is 0 Å². The molecule has 1 radical (unpaired) electrons. The number of nitrogens with zero attached hydrogens (tertiary/aromatic N) is 2. The fraction of sp³-hybridized carbons (Fsp3) is 0.206. The van der Waals surface area contributed by atoms with Gasteiger partial charge in [-0.15, -0.1) is 0 Å². The second-order valence-corrected chi connectivity index (χ2v) is 10.5. The van der Waals surface area contributed by atoms with Crippen molar-refractivity contribution in [2.75, 3.05) is 0 Å². The van der Waals surface area contributed by atoms with Crippen molar-refractivity contribution < 1.29 is 24.5 Å². The van der Waals surface area contributed by atoms with Crippen molar-refractivity contribution in [2.24, 2.45) is 0 Å². The van der Waals surface area contributed by atoms with Gasteiger partial charge in [0.1, 0.15) is 0 Å². The molecule has 0 saturated heterocycles. The van der Waals surface area contributed by atoms with Crippen LogP contribution in [0.1, 0.15) is 56.2 Å². The average molecular weight is 676 g/mol. The number of aryl methyl sites for hydroxylation is 1. The van der Waals surface area contributed by atoms with Gasteiger partial charge in [-0.25, -0.2) is 0 Å². The first kappa shape index (κ1) is 26.2. The van der Waals surface area contributed by atoms with Crippen LogP contribution < -0.4 is 0 Å². The molecule has 0 saturated carbocycles. The number of para-hydroxylation sites is 2. The molecule has 193 valence electrons. The van der Waals surface area contributed by atoms with Crippen LogP contribution >= 0.6 is 0 Å². The van der Waals surface area contributed by atoms with Gasteiger partial charge < -0.3 is 8.98 Å². The predicted molar refractivity (Wildman–Crippen MR) is 153 cm³/mol. The maximum absolute atomic E-state index is 5.90. The Hall–Kier alpha value is -3.46. The maximum atomic E-state index is 5.90. The van der Waals surface area contributed by atoms with Gasteiger partial charge in [0.2, 0.25) is 0 Å². The van der Waals surface area contributed by atoms with Crippen LogP contribution in [0.2, 0.25) is 0 Å². The van der Waals surface area contributed by atoms with E-state index >= 15 is 0 Å². The minimum Gasteiger partial charge on any atom is -0.557 e. The van der Waals surface area contributed by atoms with E-state index in [1.807, 2.05) is 6.07 Å². The van der Waals surface area contributed by atoms with E-state index in [0.29, 0.717) is 11.8 Å². The van der Waals surface area contributed by atoms with Crippen LogP contribution in [0.4, 0.5) is 0 Å². The molecule has 6 rings (SSSR count). The number of furan rings is 1. The summed E-state index contributed by atoms with van der Waals surface area (Å²) in [5.74, 6) is 1.50. The molecule has 0 N–H and O–H groups in total. The summed E-state index contributed by atoms with van der Waals surface area (Å²) in [4.78, 5) is 5.16. The molecule has 0 fully saturated rings. The van der Waals surface area contributed by atoms with Crippen molar-refractivity contribution in [3.8, 4) is 28.2 Å². The maximum Gasteiger partial charge on any atom is 0.0774 e. The molecular formula is C34H31IrN2O-. The standard InChI is InChI=1S/C34H31N2O.Ir/c1-21(2)26-18-25(24-11-7-6-8-12-24)19-27(22(3)4)33(26)36-31-14-10-9-13-30(31)35-34(36)29-20-37-32-16-15-23(5)17-28(29)32;/h6-19,21-22H,1-5H3;/q-1;. The number of aromatic nitrogens is 2. The van der Waals surface area contributed by atoms with E-state index in [2.05, 4.69) is 124 Å². The van der Waals surface area contributed by atoms with E-state index in [0.717, 1.165) is 33.4 Å². The summed E-state index contributed by atoms with van der Waals surface area (Å²) in [6.07, 6.45) is 3.20. The van der Waals surface area contributed by atoms with Gasteiger partial charge in [-0.1, -0.05) is 105 Å². The van der Waals surface area contributed by atoms with E-state index < -0.39 is 0 Å². The summed E-state index contributed by atoms with van der Waals surface area (Å²) >= 11 is 0. The molecule has 6 aromatic rings. The van der Waals surface area contributed by atoms with Crippen molar-refractivity contribution >= 4 is 22.0 Å². The Labute approximate surface area is 237 Å². The van der Waals surface area contributed by atoms with Gasteiger partial charge in [0.15, 0.2) is 0 Å². The van der Waals surface area contributed by atoms with Crippen molar-refractivity contribution in [1.29, 1.82) is 0 Å². The van der Waals surface area contributed by atoms with E-state index in [4.69, 9.17) is 9.40 Å². The molecule has 3 nitrogen and oxygen atoms in total. The number of fused-ring (bicyclic) bond motifs is 2. The summed E-state index contributed by atoms with van der Waals surface area (Å²) in [5, 5.41) is 1.04. The van der Waals surface area contributed by atoms with Crippen LogP contribution in [0.15, 0.2) is 89.3 Å². The third kappa shape index (κ3) is 4.42. The normalized spacial score (nSPS) is 11.6. The monoisotopic (exact) mass is 676 g/mol. The number of benzene rings is 4. The molecule has 38 heavy (non-hydrogen) atoms. The summed E-state index contributed by atoms with van der Waals surface area (Å²) < 4.78 is 8.24. The molecule has 2 aromatic heterocycles. The van der Waals surface area contributed by atoms with Gasteiger partial charge in [0.05, 0.1) is 16.9 Å². The Balaban J connectivity index is 0.00000294. The zero-order valence-corrected chi connectivity index (χ0v) is 24.8. The van der Waals surface area contributed by atoms with Crippen LogP contribution in [-0.4, -0.2) is 9.55 Å². The molecule has 0 amide bonds. The van der Waals surface area contributed by atoms with Gasteiger partial charge >= 0.3 is 0 Å². The van der Waals surface area contributed by atoms with Crippen molar-refractivity contribution in [1.82, 2.24) is 9.55 Å². The Bertz CT molecular complexity index is 1710. The van der Waals surface area contributed by atoms with Crippen molar-refractivity contribution in [3.63, 3.8) is 0 Å². The summed E-state index contributed by atoms with van der Waals surface area (Å²) in [6, 6.07) is 30.0. The molecule has 0 aliphatic heterocycles. The quantitative estimate of drug-likeness (QED) is 0.171. The number of imidazole rings is 1. The van der Waals surface area contributed by atoms with Gasteiger partial charge in [-0.2, -0.15) is 0 Å². The van der Waals surface area contributed by atoms with E-state index in [1.54, 1.807) is 0 Å². The van der Waals surface area contributed by atoms with Crippen LogP contribution in [0.5, 0.6) is 0 Å². The number of hydrogen-bond donors (Lipinski definition) is 0. The van der Waals surface area contributed by atoms with Crippen LogP contribution in [0.3, 0.4) is 0 Å². The number of hydrogen-bond acceptors (Lipinski definition) is 2. The van der Waals surface area contributed by atoms with Gasteiger partial charge in [0, 0.05) is 37.6 Å². The summed E-state index contributed by atoms with van der Waals surface area (Å²) in [6.45, 7) is 11.2. The Morgan fingerprint density at radius 2 is 1.42 bits per heavy atom. The molecule has 0 bridgehead atoms. The van der Waals surface area contributed by atoms with Gasteiger partial charge in [-0.3, -0.25) is 4.98 Å². The molecule has 0 unspecified atom stereocenters. The third-order valence-electron chi connectivity index (χ3n) is 7.20. The van der Waals surface area contributed by atoms with Gasteiger partial charge in [0.25, 0.3) is 0 Å². The Kier molecular flexibility index (Phi) is 7.13. The van der Waals surface area contributed by atoms with Crippen LogP contribution in [0.25, 0.3) is 50.2 Å². The molecule has 2 heterocycles. The van der Waals surface area contributed by atoms with Crippen molar-refractivity contribution in [2.45, 2.75) is 46.5 Å². The molecule has 0 spiro atoms. The van der Waals surface area contributed by atoms with E-state index in [-0.39, 0.29) is 20.1 Å². The summed E-state index contributed by atoms with van der Waals surface area (Å²) in [7, 11) is 0. The topological polar surface area (TPSA) is 31.0 Å².